The predicted molar refractivity (Wildman–Crippen MR) is 67.8 cm³/mol. The summed E-state index contributed by atoms with van der Waals surface area (Å²) in [5, 5.41) is 0. The Balaban J connectivity index is 3.13. The Bertz CT molecular complexity index is 365. The maximum atomic E-state index is 11.6. The molecule has 0 radical (unpaired) electrons. The summed E-state index contributed by atoms with van der Waals surface area (Å²) in [4.78, 5) is 12.7. The SMILES string of the molecule is CCC(=O)/C(C)=C(/SC)c1ccccc1. The lowest BCUT2D eigenvalue weighted by molar-refractivity contribution is -0.115. The number of hydrogen-bond acceptors (Lipinski definition) is 2. The van der Waals surface area contributed by atoms with Crippen LogP contribution in [-0.4, -0.2) is 12.0 Å². The molecule has 0 bridgehead atoms. The third kappa shape index (κ3) is 2.96. The Morgan fingerprint density at radius 1 is 1.27 bits per heavy atom. The molecule has 0 saturated carbocycles. The Kier molecular flexibility index (Phi) is 4.63. The Morgan fingerprint density at radius 3 is 2.33 bits per heavy atom. The highest BCUT2D eigenvalue weighted by Crippen LogP contribution is 2.29. The molecule has 0 spiro atoms. The van der Waals surface area contributed by atoms with E-state index in [-0.39, 0.29) is 5.78 Å². The van der Waals surface area contributed by atoms with Gasteiger partial charge in [0, 0.05) is 16.9 Å². The van der Waals surface area contributed by atoms with Crippen molar-refractivity contribution in [3.05, 3.63) is 41.5 Å². The second kappa shape index (κ2) is 5.76. The standard InChI is InChI=1S/C13H16OS/c1-4-12(14)10(2)13(15-3)11-8-6-5-7-9-11/h5-9H,4H2,1-3H3/b13-10+. The van der Waals surface area contributed by atoms with Crippen LogP contribution in [0.4, 0.5) is 0 Å². The molecule has 15 heavy (non-hydrogen) atoms. The lowest BCUT2D eigenvalue weighted by atomic mass is 10.1. The van der Waals surface area contributed by atoms with Crippen LogP contribution in [0.3, 0.4) is 0 Å². The van der Waals surface area contributed by atoms with Crippen LogP contribution < -0.4 is 0 Å². The number of Topliss-reactive ketones (excluding diaryl/α,β-unsaturated/α-hetero) is 1. The van der Waals surface area contributed by atoms with Gasteiger partial charge in [-0.05, 0) is 18.7 Å². The summed E-state index contributed by atoms with van der Waals surface area (Å²) in [5.41, 5.74) is 2.00. The average Bonchev–Trinajstić information content (AvgIpc) is 2.30. The van der Waals surface area contributed by atoms with Gasteiger partial charge in [0.25, 0.3) is 0 Å². The Morgan fingerprint density at radius 2 is 1.87 bits per heavy atom. The van der Waals surface area contributed by atoms with E-state index in [0.29, 0.717) is 6.42 Å². The largest absolute Gasteiger partial charge is 0.295 e. The minimum absolute atomic E-state index is 0.225. The molecule has 0 N–H and O–H groups in total. The number of thioether (sulfide) groups is 1. The van der Waals surface area contributed by atoms with Crippen molar-refractivity contribution >= 4 is 22.5 Å². The fourth-order valence-electron chi connectivity index (χ4n) is 1.47. The molecule has 0 unspecified atom stereocenters. The fraction of sp³-hybridized carbons (Fsp3) is 0.308. The van der Waals surface area contributed by atoms with Crippen molar-refractivity contribution in [3.63, 3.8) is 0 Å². The zero-order valence-corrected chi connectivity index (χ0v) is 10.2. The highest BCUT2D eigenvalue weighted by Gasteiger charge is 2.09. The van der Waals surface area contributed by atoms with Gasteiger partial charge in [0.15, 0.2) is 5.78 Å². The first-order chi connectivity index (χ1) is 7.20. The van der Waals surface area contributed by atoms with Gasteiger partial charge in [-0.25, -0.2) is 0 Å². The van der Waals surface area contributed by atoms with Gasteiger partial charge in [-0.1, -0.05) is 37.3 Å². The normalized spacial score (nSPS) is 12.2. The molecule has 0 aliphatic heterocycles. The molecule has 0 aliphatic carbocycles. The van der Waals surface area contributed by atoms with Crippen molar-refractivity contribution in [2.75, 3.05) is 6.26 Å². The highest BCUT2D eigenvalue weighted by molar-refractivity contribution is 8.07. The van der Waals surface area contributed by atoms with Crippen LogP contribution in [0, 0.1) is 0 Å². The number of rotatable bonds is 4. The number of allylic oxidation sites excluding steroid dienone is 1. The molecule has 0 aliphatic rings. The van der Waals surface area contributed by atoms with Crippen molar-refractivity contribution in [1.82, 2.24) is 0 Å². The van der Waals surface area contributed by atoms with Gasteiger partial charge < -0.3 is 0 Å². The first kappa shape index (κ1) is 12.1. The van der Waals surface area contributed by atoms with Crippen molar-refractivity contribution < 1.29 is 4.79 Å². The van der Waals surface area contributed by atoms with E-state index in [1.54, 1.807) is 11.8 Å². The van der Waals surface area contributed by atoms with Crippen LogP contribution in [-0.2, 0) is 4.79 Å². The molecule has 0 saturated heterocycles. The van der Waals surface area contributed by atoms with E-state index >= 15 is 0 Å². The number of carbonyl (C=O) groups excluding carboxylic acids is 1. The average molecular weight is 220 g/mol. The van der Waals surface area contributed by atoms with Crippen LogP contribution in [0.15, 0.2) is 35.9 Å². The van der Waals surface area contributed by atoms with Crippen molar-refractivity contribution in [3.8, 4) is 0 Å². The van der Waals surface area contributed by atoms with Crippen LogP contribution in [0.1, 0.15) is 25.8 Å². The maximum absolute atomic E-state index is 11.6. The zero-order chi connectivity index (χ0) is 11.3. The van der Waals surface area contributed by atoms with Crippen LogP contribution in [0.5, 0.6) is 0 Å². The van der Waals surface area contributed by atoms with Crippen molar-refractivity contribution in [2.24, 2.45) is 0 Å². The smallest absolute Gasteiger partial charge is 0.159 e. The molecule has 1 aromatic carbocycles. The molecule has 2 heteroatoms. The molecule has 0 fully saturated rings. The third-order valence-corrected chi connectivity index (χ3v) is 3.27. The number of carbonyl (C=O) groups is 1. The monoisotopic (exact) mass is 220 g/mol. The first-order valence-electron chi connectivity index (χ1n) is 5.04. The van der Waals surface area contributed by atoms with E-state index in [1.807, 2.05) is 50.4 Å². The molecule has 0 atom stereocenters. The summed E-state index contributed by atoms with van der Waals surface area (Å²) in [6, 6.07) is 10.1. The molecule has 0 amide bonds. The lowest BCUT2D eigenvalue weighted by Gasteiger charge is -2.08. The van der Waals surface area contributed by atoms with E-state index in [2.05, 4.69) is 0 Å². The van der Waals surface area contributed by atoms with Gasteiger partial charge in [0.2, 0.25) is 0 Å². The fourth-order valence-corrected chi connectivity index (χ4v) is 2.26. The van der Waals surface area contributed by atoms with Crippen LogP contribution >= 0.6 is 11.8 Å². The summed E-state index contributed by atoms with van der Waals surface area (Å²) in [7, 11) is 0. The van der Waals surface area contributed by atoms with Crippen molar-refractivity contribution in [2.45, 2.75) is 20.3 Å². The van der Waals surface area contributed by atoms with Gasteiger partial charge in [-0.3, -0.25) is 4.79 Å². The van der Waals surface area contributed by atoms with Gasteiger partial charge >= 0.3 is 0 Å². The van der Waals surface area contributed by atoms with E-state index < -0.39 is 0 Å². The highest BCUT2D eigenvalue weighted by atomic mass is 32.2. The summed E-state index contributed by atoms with van der Waals surface area (Å²) < 4.78 is 0. The molecular formula is C13H16OS. The Labute approximate surface area is 95.6 Å². The molecule has 1 aromatic rings. The van der Waals surface area contributed by atoms with Crippen LogP contribution in [0.2, 0.25) is 0 Å². The number of hydrogen-bond donors (Lipinski definition) is 0. The molecule has 0 heterocycles. The van der Waals surface area contributed by atoms with E-state index in [9.17, 15) is 4.79 Å². The minimum Gasteiger partial charge on any atom is -0.295 e. The lowest BCUT2D eigenvalue weighted by Crippen LogP contribution is -1.99. The molecule has 0 aromatic heterocycles. The molecular weight excluding hydrogens is 204 g/mol. The minimum atomic E-state index is 0.225. The quantitative estimate of drug-likeness (QED) is 0.719. The molecule has 1 rings (SSSR count). The second-order valence-corrected chi connectivity index (χ2v) is 4.12. The maximum Gasteiger partial charge on any atom is 0.159 e. The third-order valence-electron chi connectivity index (χ3n) is 2.32. The first-order valence-corrected chi connectivity index (χ1v) is 6.26. The van der Waals surface area contributed by atoms with Gasteiger partial charge in [-0.15, -0.1) is 11.8 Å². The van der Waals surface area contributed by atoms with E-state index in [0.717, 1.165) is 16.0 Å². The second-order valence-electron chi connectivity index (χ2n) is 3.30. The van der Waals surface area contributed by atoms with Gasteiger partial charge in [-0.2, -0.15) is 0 Å². The summed E-state index contributed by atoms with van der Waals surface area (Å²) in [6.07, 6.45) is 2.58. The Hall–Kier alpha value is -1.02. The number of benzene rings is 1. The molecule has 1 nitrogen and oxygen atoms in total. The summed E-state index contributed by atoms with van der Waals surface area (Å²) in [6.45, 7) is 3.80. The van der Waals surface area contributed by atoms with Crippen LogP contribution in [0.25, 0.3) is 4.91 Å². The van der Waals surface area contributed by atoms with Crippen molar-refractivity contribution in [1.29, 1.82) is 0 Å². The van der Waals surface area contributed by atoms with E-state index in [4.69, 9.17) is 0 Å². The topological polar surface area (TPSA) is 17.1 Å². The van der Waals surface area contributed by atoms with Gasteiger partial charge in [0.05, 0.1) is 0 Å². The summed E-state index contributed by atoms with van der Waals surface area (Å²) in [5.74, 6) is 0.225. The molecule has 80 valence electrons. The van der Waals surface area contributed by atoms with E-state index in [1.165, 1.54) is 0 Å². The predicted octanol–water partition coefficient (Wildman–Crippen LogP) is 3.76. The summed E-state index contributed by atoms with van der Waals surface area (Å²) >= 11 is 1.63. The zero-order valence-electron chi connectivity index (χ0n) is 9.41. The number of ketones is 1. The van der Waals surface area contributed by atoms with Gasteiger partial charge in [0.1, 0.15) is 0 Å².